The van der Waals surface area contributed by atoms with Gasteiger partial charge >= 0.3 is 0 Å². The Morgan fingerprint density at radius 2 is 1.73 bits per heavy atom. The molecule has 10 heteroatoms. The highest BCUT2D eigenvalue weighted by Crippen LogP contribution is 2.38. The lowest BCUT2D eigenvalue weighted by molar-refractivity contribution is -0.135. The number of nitrogens with zero attached hydrogens (tertiary/aromatic N) is 4. The first-order valence-corrected chi connectivity index (χ1v) is 16.2. The minimum absolute atomic E-state index is 0.0480. The van der Waals surface area contributed by atoms with Crippen LogP contribution in [0.15, 0.2) is 47.0 Å². The van der Waals surface area contributed by atoms with Crippen LogP contribution in [0.1, 0.15) is 83.1 Å². The summed E-state index contributed by atoms with van der Waals surface area (Å²) in [6, 6.07) is 13.7. The van der Waals surface area contributed by atoms with E-state index in [-0.39, 0.29) is 23.8 Å². The average Bonchev–Trinajstić information content (AvgIpc) is 3.24. The molecular weight excluding hydrogens is 572 g/mol. The van der Waals surface area contributed by atoms with Crippen LogP contribution in [-0.4, -0.2) is 83.5 Å². The number of rotatable bonds is 4. The topological polar surface area (TPSA) is 105 Å². The van der Waals surface area contributed by atoms with Crippen molar-refractivity contribution in [3.63, 3.8) is 0 Å². The summed E-state index contributed by atoms with van der Waals surface area (Å²) in [4.78, 5) is 45.5. The highest BCUT2D eigenvalue weighted by molar-refractivity contribution is 5.96. The molecule has 10 nitrogen and oxygen atoms in total. The normalized spacial score (nSPS) is 19.1. The summed E-state index contributed by atoms with van der Waals surface area (Å²) in [7, 11) is 0. The van der Waals surface area contributed by atoms with Gasteiger partial charge in [0.25, 0.3) is 5.91 Å². The van der Waals surface area contributed by atoms with Crippen molar-refractivity contribution >= 4 is 17.7 Å². The smallest absolute Gasteiger partial charge is 0.259 e. The van der Waals surface area contributed by atoms with Crippen LogP contribution in [0.4, 0.5) is 0 Å². The lowest BCUT2D eigenvalue weighted by Crippen LogP contribution is -2.42. The lowest BCUT2D eigenvalue weighted by atomic mass is 9.87. The molecule has 45 heavy (non-hydrogen) atoms. The van der Waals surface area contributed by atoms with E-state index in [1.54, 1.807) is 18.7 Å². The van der Waals surface area contributed by atoms with Gasteiger partial charge in [-0.3, -0.25) is 14.4 Å². The molecule has 3 aromatic rings. The van der Waals surface area contributed by atoms with Gasteiger partial charge in [0, 0.05) is 39.0 Å². The van der Waals surface area contributed by atoms with Crippen LogP contribution < -0.4 is 9.47 Å². The predicted octanol–water partition coefficient (Wildman–Crippen LogP) is 4.86. The third-order valence-electron chi connectivity index (χ3n) is 9.11. The van der Waals surface area contributed by atoms with Crippen LogP contribution in [0.25, 0.3) is 0 Å². The number of carbonyl (C=O) groups excluding carboxylic acids is 3. The number of likely N-dealkylation sites (tertiary alicyclic amines) is 1. The molecule has 0 N–H and O–H groups in total. The van der Waals surface area contributed by atoms with E-state index in [4.69, 9.17) is 14.0 Å². The van der Waals surface area contributed by atoms with Gasteiger partial charge in [0.2, 0.25) is 11.8 Å². The highest BCUT2D eigenvalue weighted by atomic mass is 16.5. The zero-order valence-electron chi connectivity index (χ0n) is 26.3. The summed E-state index contributed by atoms with van der Waals surface area (Å²) >= 11 is 0. The first-order chi connectivity index (χ1) is 21.9. The number of benzene rings is 2. The number of amides is 3. The first-order valence-electron chi connectivity index (χ1n) is 16.2. The third kappa shape index (κ3) is 6.84. The van der Waals surface area contributed by atoms with Crippen molar-refractivity contribution in [2.75, 3.05) is 45.9 Å². The Balaban J connectivity index is 1.25. The molecule has 1 fully saturated rings. The Kier molecular flexibility index (Phi) is 9.37. The van der Waals surface area contributed by atoms with Crippen LogP contribution in [0.5, 0.6) is 11.5 Å². The molecule has 0 aliphatic carbocycles. The van der Waals surface area contributed by atoms with Gasteiger partial charge in [-0.1, -0.05) is 29.8 Å². The molecule has 238 valence electrons. The number of hydrogen-bond acceptors (Lipinski definition) is 7. The van der Waals surface area contributed by atoms with E-state index in [0.29, 0.717) is 82.1 Å². The monoisotopic (exact) mass is 614 g/mol. The Bertz CT molecular complexity index is 1530. The van der Waals surface area contributed by atoms with Crippen molar-refractivity contribution in [3.05, 3.63) is 76.2 Å². The van der Waals surface area contributed by atoms with Crippen LogP contribution >= 0.6 is 0 Å². The molecule has 0 radical (unpaired) electrons. The Hall–Kier alpha value is -4.34. The maximum Gasteiger partial charge on any atom is 0.259 e. The van der Waals surface area contributed by atoms with Crippen LogP contribution in [0.2, 0.25) is 0 Å². The molecule has 7 rings (SSSR count). The molecule has 0 spiro atoms. The molecule has 0 saturated carbocycles. The van der Waals surface area contributed by atoms with Crippen molar-refractivity contribution in [3.8, 4) is 11.5 Å². The van der Waals surface area contributed by atoms with Crippen molar-refractivity contribution in [1.29, 1.82) is 0 Å². The molecule has 1 aromatic heterocycles. The Morgan fingerprint density at radius 3 is 2.58 bits per heavy atom. The quantitative estimate of drug-likeness (QED) is 0.413. The van der Waals surface area contributed by atoms with Crippen molar-refractivity contribution in [2.45, 2.75) is 64.8 Å². The zero-order valence-corrected chi connectivity index (χ0v) is 26.3. The van der Waals surface area contributed by atoms with Crippen molar-refractivity contribution in [2.24, 2.45) is 0 Å². The van der Waals surface area contributed by atoms with Gasteiger partial charge in [0.15, 0.2) is 0 Å². The second kappa shape index (κ2) is 13.7. The number of ether oxygens (including phenoxy) is 2. The van der Waals surface area contributed by atoms with E-state index in [2.05, 4.69) is 17.3 Å². The van der Waals surface area contributed by atoms with Gasteiger partial charge in [0.1, 0.15) is 29.4 Å². The van der Waals surface area contributed by atoms with E-state index >= 15 is 0 Å². The van der Waals surface area contributed by atoms with Gasteiger partial charge < -0.3 is 28.7 Å². The summed E-state index contributed by atoms with van der Waals surface area (Å²) in [5.41, 5.74) is 4.24. The number of aromatic nitrogens is 1. The number of aryl methyl sites for hydroxylation is 2. The summed E-state index contributed by atoms with van der Waals surface area (Å²) in [5.74, 6) is 2.04. The van der Waals surface area contributed by atoms with Gasteiger partial charge in [-0.2, -0.15) is 0 Å². The van der Waals surface area contributed by atoms with Gasteiger partial charge in [-0.25, -0.2) is 0 Å². The fourth-order valence-corrected chi connectivity index (χ4v) is 6.73. The van der Waals surface area contributed by atoms with E-state index in [1.807, 2.05) is 40.1 Å². The van der Waals surface area contributed by atoms with E-state index < -0.39 is 0 Å². The van der Waals surface area contributed by atoms with E-state index in [1.165, 1.54) is 0 Å². The molecule has 5 heterocycles. The Labute approximate surface area is 264 Å². The average molecular weight is 615 g/mol. The van der Waals surface area contributed by atoms with Gasteiger partial charge in [-0.15, -0.1) is 0 Å². The molecular formula is C35H42N4O6. The van der Waals surface area contributed by atoms with Crippen LogP contribution in [0, 0.1) is 13.8 Å². The van der Waals surface area contributed by atoms with Crippen LogP contribution in [-0.2, 0) is 16.0 Å². The van der Waals surface area contributed by atoms with Gasteiger partial charge in [-0.05, 0) is 80.5 Å². The molecule has 1 saturated heterocycles. The highest BCUT2D eigenvalue weighted by Gasteiger charge is 2.33. The second-order valence-corrected chi connectivity index (χ2v) is 12.2. The maximum atomic E-state index is 13.8. The largest absolute Gasteiger partial charge is 0.494 e. The molecule has 1 unspecified atom stereocenters. The summed E-state index contributed by atoms with van der Waals surface area (Å²) in [6.45, 7) is 6.93. The standard InChI is InChI=1S/C35H42N4O6/c1-24-33(25(2)45-36-24)35(42)38-16-7-20-43-28-9-6-8-27(23-28)34-30-12-11-29(44-21-19-38)22-26(30)13-18-39(34)32(41)14-17-37-15-5-3-4-10-31(37)40/h6,8-9,11-12,22-23,34H,3-5,7,10,13-21H2,1-2H3. The van der Waals surface area contributed by atoms with Crippen molar-refractivity contribution < 1.29 is 28.4 Å². The van der Waals surface area contributed by atoms with Crippen LogP contribution in [0.3, 0.4) is 0 Å². The SMILES string of the molecule is Cc1noc(C)c1C(=O)N1CCCOc2cccc(c2)C2c3ccc(cc3CCN2C(=O)CCN2CCCCCC2=O)OCC1. The number of hydrogen-bond donors (Lipinski definition) is 0. The molecule has 6 bridgehead atoms. The Morgan fingerprint density at radius 1 is 0.889 bits per heavy atom. The zero-order chi connectivity index (χ0) is 31.3. The predicted molar refractivity (Wildman–Crippen MR) is 167 cm³/mol. The second-order valence-electron chi connectivity index (χ2n) is 12.2. The van der Waals surface area contributed by atoms with Crippen molar-refractivity contribution in [1.82, 2.24) is 19.9 Å². The molecule has 4 aliphatic rings. The summed E-state index contributed by atoms with van der Waals surface area (Å²) in [5, 5.41) is 3.96. The minimum atomic E-state index is -0.269. The molecule has 2 aromatic carbocycles. The fourth-order valence-electron chi connectivity index (χ4n) is 6.73. The molecule has 4 aliphatic heterocycles. The van der Waals surface area contributed by atoms with Gasteiger partial charge in [0.05, 0.1) is 24.9 Å². The molecule has 3 amide bonds. The maximum absolute atomic E-state index is 13.8. The summed E-state index contributed by atoms with van der Waals surface area (Å²) in [6.07, 6.45) is 5.18. The van der Waals surface area contributed by atoms with E-state index in [0.717, 1.165) is 54.0 Å². The summed E-state index contributed by atoms with van der Waals surface area (Å²) < 4.78 is 17.6. The first kappa shape index (κ1) is 30.7. The third-order valence-corrected chi connectivity index (χ3v) is 9.11. The number of fused-ring (bicyclic) bond motifs is 8. The van der Waals surface area contributed by atoms with E-state index in [9.17, 15) is 14.4 Å². The molecule has 1 atom stereocenters. The lowest BCUT2D eigenvalue weighted by Gasteiger charge is -2.38. The minimum Gasteiger partial charge on any atom is -0.494 e. The number of carbonyl (C=O) groups is 3. The fraction of sp³-hybridized carbons (Fsp3) is 0.486.